The van der Waals surface area contributed by atoms with Gasteiger partial charge >= 0.3 is 0 Å². The van der Waals surface area contributed by atoms with Gasteiger partial charge in [0, 0.05) is 26.3 Å². The maximum absolute atomic E-state index is 10.1. The Balaban J connectivity index is 3.71. The molecule has 3 heteroatoms. The van der Waals surface area contributed by atoms with Crippen LogP contribution in [0.3, 0.4) is 0 Å². The molecule has 2 N–H and O–H groups in total. The summed E-state index contributed by atoms with van der Waals surface area (Å²) in [6.45, 7) is 9.68. The molecule has 15 heavy (non-hydrogen) atoms. The van der Waals surface area contributed by atoms with Gasteiger partial charge in [0.25, 0.3) is 0 Å². The van der Waals surface area contributed by atoms with Crippen molar-refractivity contribution in [1.29, 1.82) is 0 Å². The zero-order valence-corrected chi connectivity index (χ0v) is 10.8. The van der Waals surface area contributed by atoms with E-state index in [1.165, 1.54) is 0 Å². The Morgan fingerprint density at radius 3 is 2.40 bits per heavy atom. The summed E-state index contributed by atoms with van der Waals surface area (Å²) in [5.74, 6) is 0.524. The Labute approximate surface area is 94.2 Å². The van der Waals surface area contributed by atoms with Gasteiger partial charge in [-0.2, -0.15) is 0 Å². The fraction of sp³-hybridized carbons (Fsp3) is 1.00. The highest BCUT2D eigenvalue weighted by Crippen LogP contribution is 2.15. The van der Waals surface area contributed by atoms with Crippen LogP contribution >= 0.6 is 0 Å². The van der Waals surface area contributed by atoms with Gasteiger partial charge in [0.15, 0.2) is 0 Å². The summed E-state index contributed by atoms with van der Waals surface area (Å²) in [7, 11) is 1.71. The van der Waals surface area contributed by atoms with Crippen molar-refractivity contribution in [2.24, 2.45) is 5.92 Å². The maximum atomic E-state index is 10.1. The van der Waals surface area contributed by atoms with Crippen LogP contribution in [-0.4, -0.2) is 37.0 Å². The molecule has 2 atom stereocenters. The van der Waals surface area contributed by atoms with E-state index in [-0.39, 0.29) is 0 Å². The van der Waals surface area contributed by atoms with Crippen LogP contribution in [0.4, 0.5) is 0 Å². The summed E-state index contributed by atoms with van der Waals surface area (Å²) in [4.78, 5) is 0. The molecule has 0 rings (SSSR count). The van der Waals surface area contributed by atoms with E-state index in [2.05, 4.69) is 26.1 Å². The van der Waals surface area contributed by atoms with Crippen LogP contribution in [0, 0.1) is 5.92 Å². The summed E-state index contributed by atoms with van der Waals surface area (Å²) in [6, 6.07) is 0.392. The number of aliphatic hydroxyl groups is 1. The molecular formula is C12H27NO2. The van der Waals surface area contributed by atoms with Crippen molar-refractivity contribution in [3.05, 3.63) is 0 Å². The van der Waals surface area contributed by atoms with Gasteiger partial charge in [0.05, 0.1) is 5.60 Å². The van der Waals surface area contributed by atoms with Gasteiger partial charge < -0.3 is 15.2 Å². The lowest BCUT2D eigenvalue weighted by molar-refractivity contribution is 0.0353. The van der Waals surface area contributed by atoms with E-state index < -0.39 is 5.60 Å². The van der Waals surface area contributed by atoms with Crippen LogP contribution < -0.4 is 5.32 Å². The Morgan fingerprint density at radius 1 is 1.33 bits per heavy atom. The fourth-order valence-electron chi connectivity index (χ4n) is 1.74. The van der Waals surface area contributed by atoms with E-state index in [9.17, 15) is 5.11 Å². The Morgan fingerprint density at radius 2 is 1.93 bits per heavy atom. The molecule has 0 fully saturated rings. The molecular weight excluding hydrogens is 190 g/mol. The van der Waals surface area contributed by atoms with Crippen LogP contribution in [0.1, 0.15) is 40.5 Å². The molecule has 0 saturated carbocycles. The zero-order chi connectivity index (χ0) is 11.9. The minimum Gasteiger partial charge on any atom is -0.389 e. The zero-order valence-electron chi connectivity index (χ0n) is 10.8. The summed E-state index contributed by atoms with van der Waals surface area (Å²) >= 11 is 0. The standard InChI is InChI=1S/C12H27NO2/c1-10(2)8-12(4,14)9-13-11(3)6-7-15-5/h10-11,13-14H,6-9H2,1-5H3. The number of hydrogen-bond acceptors (Lipinski definition) is 3. The first-order valence-corrected chi connectivity index (χ1v) is 5.82. The van der Waals surface area contributed by atoms with Crippen molar-refractivity contribution in [2.75, 3.05) is 20.3 Å². The summed E-state index contributed by atoms with van der Waals surface area (Å²) in [5, 5.41) is 13.4. The van der Waals surface area contributed by atoms with E-state index in [1.54, 1.807) is 7.11 Å². The topological polar surface area (TPSA) is 41.5 Å². The van der Waals surface area contributed by atoms with Crippen molar-refractivity contribution in [2.45, 2.75) is 52.2 Å². The predicted molar refractivity (Wildman–Crippen MR) is 64.0 cm³/mol. The minimum absolute atomic E-state index is 0.392. The summed E-state index contributed by atoms with van der Waals surface area (Å²) in [5.41, 5.74) is -0.602. The number of ether oxygens (including phenoxy) is 1. The van der Waals surface area contributed by atoms with Crippen molar-refractivity contribution < 1.29 is 9.84 Å². The molecule has 0 aromatic rings. The van der Waals surface area contributed by atoms with Crippen LogP contribution in [0.15, 0.2) is 0 Å². The SMILES string of the molecule is COCCC(C)NCC(C)(O)CC(C)C. The molecule has 3 nitrogen and oxygen atoms in total. The average Bonchev–Trinajstić information content (AvgIpc) is 2.09. The Kier molecular flexibility index (Phi) is 7.14. The van der Waals surface area contributed by atoms with Crippen molar-refractivity contribution in [3.8, 4) is 0 Å². The lowest BCUT2D eigenvalue weighted by Gasteiger charge is -2.27. The van der Waals surface area contributed by atoms with Crippen molar-refractivity contribution >= 4 is 0 Å². The second kappa shape index (κ2) is 7.20. The Hall–Kier alpha value is -0.120. The number of rotatable bonds is 8. The van der Waals surface area contributed by atoms with Gasteiger partial charge in [0.1, 0.15) is 0 Å². The molecule has 2 unspecified atom stereocenters. The molecule has 0 aliphatic carbocycles. The van der Waals surface area contributed by atoms with Crippen molar-refractivity contribution in [3.63, 3.8) is 0 Å². The third-order valence-electron chi connectivity index (χ3n) is 2.43. The van der Waals surface area contributed by atoms with E-state index in [1.807, 2.05) is 6.92 Å². The van der Waals surface area contributed by atoms with Crippen molar-refractivity contribution in [1.82, 2.24) is 5.32 Å². The summed E-state index contributed by atoms with van der Waals surface area (Å²) < 4.78 is 5.01. The molecule has 0 aromatic carbocycles. The molecule has 0 saturated heterocycles. The molecule has 0 heterocycles. The number of nitrogens with one attached hydrogen (secondary N) is 1. The van der Waals surface area contributed by atoms with Gasteiger partial charge in [0.2, 0.25) is 0 Å². The third-order valence-corrected chi connectivity index (χ3v) is 2.43. The van der Waals surface area contributed by atoms with Gasteiger partial charge in [-0.1, -0.05) is 13.8 Å². The highest BCUT2D eigenvalue weighted by Gasteiger charge is 2.21. The molecule has 92 valence electrons. The monoisotopic (exact) mass is 217 g/mol. The molecule has 0 spiro atoms. The minimum atomic E-state index is -0.602. The molecule has 0 bridgehead atoms. The van der Waals surface area contributed by atoms with Crippen LogP contribution in [0.2, 0.25) is 0 Å². The maximum Gasteiger partial charge on any atom is 0.0746 e. The quantitative estimate of drug-likeness (QED) is 0.651. The van der Waals surface area contributed by atoms with Gasteiger partial charge in [-0.15, -0.1) is 0 Å². The largest absolute Gasteiger partial charge is 0.389 e. The van der Waals surface area contributed by atoms with Gasteiger partial charge in [-0.3, -0.25) is 0 Å². The molecule has 0 radical (unpaired) electrons. The smallest absolute Gasteiger partial charge is 0.0746 e. The van der Waals surface area contributed by atoms with Crippen LogP contribution in [0.25, 0.3) is 0 Å². The first kappa shape index (κ1) is 14.9. The van der Waals surface area contributed by atoms with Gasteiger partial charge in [-0.25, -0.2) is 0 Å². The third kappa shape index (κ3) is 8.85. The molecule has 0 aliphatic heterocycles. The predicted octanol–water partition coefficient (Wildman–Crippen LogP) is 1.80. The normalized spacial score (nSPS) is 17.8. The molecule has 0 amide bonds. The first-order valence-electron chi connectivity index (χ1n) is 5.82. The van der Waals surface area contributed by atoms with E-state index in [0.29, 0.717) is 18.5 Å². The van der Waals surface area contributed by atoms with Crippen LogP contribution in [-0.2, 0) is 4.74 Å². The van der Waals surface area contributed by atoms with E-state index in [4.69, 9.17) is 4.74 Å². The molecule has 0 aromatic heterocycles. The number of methoxy groups -OCH3 is 1. The van der Waals surface area contributed by atoms with E-state index in [0.717, 1.165) is 19.4 Å². The summed E-state index contributed by atoms with van der Waals surface area (Å²) in [6.07, 6.45) is 1.81. The highest BCUT2D eigenvalue weighted by molar-refractivity contribution is 4.78. The molecule has 0 aliphatic rings. The first-order chi connectivity index (χ1) is 6.87. The second-order valence-electron chi connectivity index (χ2n) is 5.16. The second-order valence-corrected chi connectivity index (χ2v) is 5.16. The highest BCUT2D eigenvalue weighted by atomic mass is 16.5. The fourth-order valence-corrected chi connectivity index (χ4v) is 1.74. The Bertz CT molecular complexity index is 158. The lowest BCUT2D eigenvalue weighted by Crippen LogP contribution is -2.42. The number of hydrogen-bond donors (Lipinski definition) is 2. The van der Waals surface area contributed by atoms with Crippen LogP contribution in [0.5, 0.6) is 0 Å². The van der Waals surface area contributed by atoms with Gasteiger partial charge in [-0.05, 0) is 32.6 Å². The van der Waals surface area contributed by atoms with E-state index >= 15 is 0 Å². The lowest BCUT2D eigenvalue weighted by atomic mass is 9.94. The average molecular weight is 217 g/mol.